The van der Waals surface area contributed by atoms with Crippen molar-refractivity contribution in [3.8, 4) is 11.5 Å². The molecule has 3 heterocycles. The van der Waals surface area contributed by atoms with Gasteiger partial charge in [-0.3, -0.25) is 19.3 Å². The summed E-state index contributed by atoms with van der Waals surface area (Å²) in [5.74, 6) is 1.80. The Morgan fingerprint density at radius 3 is 2.49 bits per heavy atom. The lowest BCUT2D eigenvalue weighted by Crippen LogP contribution is -2.49. The first-order chi connectivity index (χ1) is 22.5. The summed E-state index contributed by atoms with van der Waals surface area (Å²) in [6.07, 6.45) is 7.10. The number of anilines is 4. The Balaban J connectivity index is 1.56. The Morgan fingerprint density at radius 1 is 1.13 bits per heavy atom. The number of fused-ring (bicyclic) bond motifs is 1. The highest BCUT2D eigenvalue weighted by molar-refractivity contribution is 6.42. The topological polar surface area (TPSA) is 118 Å². The first-order valence-corrected chi connectivity index (χ1v) is 15.5. The van der Waals surface area contributed by atoms with Crippen LogP contribution in [0.15, 0.2) is 60.9 Å². The van der Waals surface area contributed by atoms with Gasteiger partial charge < -0.3 is 19.7 Å². The van der Waals surface area contributed by atoms with E-state index in [2.05, 4.69) is 15.4 Å². The number of benzene rings is 2. The van der Waals surface area contributed by atoms with Crippen LogP contribution in [0.2, 0.25) is 10.0 Å². The fourth-order valence-corrected chi connectivity index (χ4v) is 5.94. The number of carbonyl (C=O) groups is 2. The first-order valence-electron chi connectivity index (χ1n) is 14.8. The van der Waals surface area contributed by atoms with Crippen LogP contribution >= 0.6 is 23.2 Å². The van der Waals surface area contributed by atoms with E-state index in [9.17, 15) is 9.59 Å². The van der Waals surface area contributed by atoms with Gasteiger partial charge in [-0.15, -0.1) is 0 Å². The molecule has 0 fully saturated rings. The SMILES string of the molecule is COc1cc(OC)c(Cl)c(N2Cc3cnc(Nc4ccn(C)n4)nc3N(C(C)c3cccc(CC(=O)/C=C/CN(C)C)c3)C2=O)c1Cl. The van der Waals surface area contributed by atoms with Crippen LogP contribution < -0.4 is 24.6 Å². The molecule has 14 heteroatoms. The van der Waals surface area contributed by atoms with Crippen LogP contribution in [0, 0.1) is 0 Å². The van der Waals surface area contributed by atoms with Gasteiger partial charge in [0.25, 0.3) is 0 Å². The maximum absolute atomic E-state index is 14.6. The summed E-state index contributed by atoms with van der Waals surface area (Å²) in [5, 5.41) is 7.76. The average molecular weight is 680 g/mol. The molecule has 0 radical (unpaired) electrons. The van der Waals surface area contributed by atoms with E-state index in [1.54, 1.807) is 47.2 Å². The van der Waals surface area contributed by atoms with E-state index < -0.39 is 12.1 Å². The molecule has 1 aliphatic heterocycles. The zero-order valence-corrected chi connectivity index (χ0v) is 28.5. The zero-order chi connectivity index (χ0) is 33.8. The van der Waals surface area contributed by atoms with Crippen molar-refractivity contribution in [2.24, 2.45) is 7.05 Å². The van der Waals surface area contributed by atoms with Crippen molar-refractivity contribution in [3.63, 3.8) is 0 Å². The molecule has 1 atom stereocenters. The van der Waals surface area contributed by atoms with Gasteiger partial charge in [0, 0.05) is 50.1 Å². The van der Waals surface area contributed by atoms with Crippen molar-refractivity contribution in [1.29, 1.82) is 0 Å². The summed E-state index contributed by atoms with van der Waals surface area (Å²) in [4.78, 5) is 41.6. The minimum atomic E-state index is -0.536. The Labute approximate surface area is 283 Å². The number of amides is 2. The number of nitrogens with zero attached hydrogens (tertiary/aromatic N) is 7. The third kappa shape index (κ3) is 7.35. The van der Waals surface area contributed by atoms with Crippen LogP contribution in [0.3, 0.4) is 0 Å². The molecular weight excluding hydrogens is 643 g/mol. The first kappa shape index (κ1) is 33.7. The number of hydrogen-bond donors (Lipinski definition) is 1. The highest BCUT2D eigenvalue weighted by Crippen LogP contribution is 2.48. The van der Waals surface area contributed by atoms with Gasteiger partial charge in [-0.05, 0) is 38.2 Å². The monoisotopic (exact) mass is 678 g/mol. The molecule has 1 N–H and O–H groups in total. The minimum absolute atomic E-state index is 0.0172. The molecule has 4 aromatic rings. The quantitative estimate of drug-likeness (QED) is 0.174. The molecule has 0 saturated heterocycles. The van der Waals surface area contributed by atoms with Crippen LogP contribution in [0.1, 0.15) is 29.7 Å². The average Bonchev–Trinajstić information content (AvgIpc) is 3.45. The molecule has 0 aliphatic carbocycles. The van der Waals surface area contributed by atoms with Crippen LogP contribution in [-0.2, 0) is 24.8 Å². The largest absolute Gasteiger partial charge is 0.495 e. The molecule has 2 aromatic carbocycles. The molecule has 246 valence electrons. The van der Waals surface area contributed by atoms with Crippen LogP contribution in [0.4, 0.5) is 28.1 Å². The molecule has 47 heavy (non-hydrogen) atoms. The number of halogens is 2. The number of aromatic nitrogens is 4. The highest BCUT2D eigenvalue weighted by atomic mass is 35.5. The maximum Gasteiger partial charge on any atom is 0.331 e. The number of rotatable bonds is 12. The van der Waals surface area contributed by atoms with Gasteiger partial charge in [-0.25, -0.2) is 9.78 Å². The molecule has 1 aliphatic rings. The summed E-state index contributed by atoms with van der Waals surface area (Å²) in [5.41, 5.74) is 2.50. The molecule has 1 unspecified atom stereocenters. The molecule has 0 bridgehead atoms. The number of carbonyl (C=O) groups excluding carboxylic acids is 2. The standard InChI is InChI=1S/C33H36Cl2N8O4/c1-20(22-10-7-9-21(15-22)16-24(44)11-8-13-40(2)3)43-31-23(18-36-32(38-31)37-27-12-14-41(4)39-27)19-42(33(43)45)30-28(34)25(46-5)17-26(47-6)29(30)35/h7-12,14-15,17-18,20H,13,16,19H2,1-6H3,(H,36,37,38,39)/b11-8+. The molecule has 12 nitrogen and oxygen atoms in total. The zero-order valence-electron chi connectivity index (χ0n) is 27.0. The van der Waals surface area contributed by atoms with E-state index >= 15 is 0 Å². The van der Waals surface area contributed by atoms with Gasteiger partial charge in [0.15, 0.2) is 11.6 Å². The lowest BCUT2D eigenvalue weighted by atomic mass is 10.00. The maximum atomic E-state index is 14.6. The van der Waals surface area contributed by atoms with E-state index in [0.717, 1.165) is 11.1 Å². The second-order valence-electron chi connectivity index (χ2n) is 11.3. The molecule has 5 rings (SSSR count). The molecular formula is C33H36Cl2N8O4. The van der Waals surface area contributed by atoms with E-state index in [1.807, 2.05) is 56.3 Å². The Hall–Kier alpha value is -4.65. The lowest BCUT2D eigenvalue weighted by molar-refractivity contribution is -0.114. The Bertz CT molecular complexity index is 1800. The number of ketones is 1. The van der Waals surface area contributed by atoms with Crippen molar-refractivity contribution in [1.82, 2.24) is 24.6 Å². The summed E-state index contributed by atoms with van der Waals surface area (Å²) in [6.45, 7) is 2.64. The second kappa shape index (κ2) is 14.4. The van der Waals surface area contributed by atoms with Crippen molar-refractivity contribution < 1.29 is 19.1 Å². The van der Waals surface area contributed by atoms with E-state index in [4.69, 9.17) is 37.7 Å². The van der Waals surface area contributed by atoms with Crippen molar-refractivity contribution in [2.75, 3.05) is 50.0 Å². The molecule has 2 amide bonds. The predicted molar refractivity (Wildman–Crippen MR) is 183 cm³/mol. The summed E-state index contributed by atoms with van der Waals surface area (Å²) >= 11 is 13.6. The van der Waals surface area contributed by atoms with E-state index in [1.165, 1.54) is 19.1 Å². The van der Waals surface area contributed by atoms with Crippen molar-refractivity contribution in [2.45, 2.75) is 25.9 Å². The summed E-state index contributed by atoms with van der Waals surface area (Å²) < 4.78 is 12.6. The smallest absolute Gasteiger partial charge is 0.331 e. The number of methoxy groups -OCH3 is 2. The fourth-order valence-electron chi connectivity index (χ4n) is 5.23. The number of aryl methyl sites for hydroxylation is 1. The van der Waals surface area contributed by atoms with Gasteiger partial charge in [-0.1, -0.05) is 53.5 Å². The van der Waals surface area contributed by atoms with Crippen molar-refractivity contribution >= 4 is 58.3 Å². The molecule has 0 saturated carbocycles. The Kier molecular flexibility index (Phi) is 10.3. The third-order valence-electron chi connectivity index (χ3n) is 7.58. The lowest BCUT2D eigenvalue weighted by Gasteiger charge is -2.40. The fraction of sp³-hybridized carbons (Fsp3) is 0.303. The van der Waals surface area contributed by atoms with E-state index in [-0.39, 0.29) is 40.4 Å². The number of likely N-dealkylation sites (N-methyl/N-ethyl adjacent to an activating group) is 1. The van der Waals surface area contributed by atoms with Gasteiger partial charge in [-0.2, -0.15) is 10.1 Å². The van der Waals surface area contributed by atoms with Crippen LogP contribution in [0.25, 0.3) is 0 Å². The number of hydrogen-bond acceptors (Lipinski definition) is 9. The van der Waals surface area contributed by atoms with Gasteiger partial charge in [0.05, 0.1) is 32.5 Å². The number of nitrogens with one attached hydrogen (secondary N) is 1. The normalized spacial score (nSPS) is 13.7. The number of urea groups is 1. The second-order valence-corrected chi connectivity index (χ2v) is 12.0. The van der Waals surface area contributed by atoms with E-state index in [0.29, 0.717) is 35.2 Å². The number of allylic oxidation sites excluding steroid dienone is 1. The van der Waals surface area contributed by atoms with Gasteiger partial charge in [0.2, 0.25) is 5.95 Å². The predicted octanol–water partition coefficient (Wildman–Crippen LogP) is 6.21. The highest BCUT2D eigenvalue weighted by Gasteiger charge is 2.39. The third-order valence-corrected chi connectivity index (χ3v) is 8.31. The molecule has 2 aromatic heterocycles. The number of ether oxygens (including phenoxy) is 2. The van der Waals surface area contributed by atoms with Gasteiger partial charge in [0.1, 0.15) is 27.4 Å². The van der Waals surface area contributed by atoms with Gasteiger partial charge >= 0.3 is 6.03 Å². The molecule has 0 spiro atoms. The van der Waals surface area contributed by atoms with Crippen LogP contribution in [-0.4, -0.2) is 71.3 Å². The Morgan fingerprint density at radius 2 is 1.85 bits per heavy atom. The summed E-state index contributed by atoms with van der Waals surface area (Å²) in [7, 11) is 8.63. The summed E-state index contributed by atoms with van der Waals surface area (Å²) in [6, 6.07) is 10.00. The minimum Gasteiger partial charge on any atom is -0.495 e. The van der Waals surface area contributed by atoms with Crippen LogP contribution in [0.5, 0.6) is 11.5 Å². The van der Waals surface area contributed by atoms with Crippen molar-refractivity contribution in [3.05, 3.63) is 87.7 Å².